The van der Waals surface area contributed by atoms with Crippen molar-refractivity contribution >= 4 is 17.8 Å². The van der Waals surface area contributed by atoms with Gasteiger partial charge in [0, 0.05) is 19.6 Å². The number of carbonyl (C=O) groups is 3. The van der Waals surface area contributed by atoms with E-state index < -0.39 is 61.4 Å². The van der Waals surface area contributed by atoms with Crippen LogP contribution in [0.4, 0.5) is 26.3 Å². The van der Waals surface area contributed by atoms with Gasteiger partial charge in [-0.25, -0.2) is 4.79 Å². The zero-order valence-corrected chi connectivity index (χ0v) is 15.0. The highest BCUT2D eigenvalue weighted by Crippen LogP contribution is 2.39. The maximum atomic E-state index is 12.9. The van der Waals surface area contributed by atoms with Crippen LogP contribution in [0.5, 0.6) is 0 Å². The van der Waals surface area contributed by atoms with Gasteiger partial charge in [-0.1, -0.05) is 0 Å². The molecule has 2 aliphatic rings. The average Bonchev–Trinajstić information content (AvgIpc) is 2.87. The van der Waals surface area contributed by atoms with E-state index >= 15 is 0 Å². The molecular weight excluding hydrogens is 418 g/mol. The molecule has 0 bridgehead atoms. The molecule has 2 unspecified atom stereocenters. The number of carbonyl (C=O) groups excluding carboxylic acids is 1. The summed E-state index contributed by atoms with van der Waals surface area (Å²) in [4.78, 5) is 34.6. The van der Waals surface area contributed by atoms with Crippen LogP contribution in [0.3, 0.4) is 0 Å². The predicted molar refractivity (Wildman–Crippen MR) is 82.7 cm³/mol. The second kappa shape index (κ2) is 9.15. The fourth-order valence-corrected chi connectivity index (χ4v) is 3.06. The summed E-state index contributed by atoms with van der Waals surface area (Å²) in [6.45, 7) is -0.840. The normalized spacial score (nSPS) is 26.5. The zero-order chi connectivity index (χ0) is 22.6. The fourth-order valence-electron chi connectivity index (χ4n) is 3.06. The fraction of sp³-hybridized carbons (Fsp3) is 0.800. The molecule has 0 aromatic carbocycles. The van der Waals surface area contributed by atoms with E-state index in [4.69, 9.17) is 15.0 Å². The van der Waals surface area contributed by atoms with Crippen molar-refractivity contribution in [2.75, 3.05) is 26.2 Å². The lowest BCUT2D eigenvalue weighted by atomic mass is 10.0. The molecule has 2 aliphatic heterocycles. The molecule has 0 aliphatic carbocycles. The minimum absolute atomic E-state index is 0.0344. The summed E-state index contributed by atoms with van der Waals surface area (Å²) in [6.07, 6.45) is -8.67. The van der Waals surface area contributed by atoms with Gasteiger partial charge >= 0.3 is 24.3 Å². The summed E-state index contributed by atoms with van der Waals surface area (Å²) in [5.41, 5.74) is -2.79. The summed E-state index contributed by atoms with van der Waals surface area (Å²) in [5, 5.41) is 25.7. The molecule has 2 fully saturated rings. The third kappa shape index (κ3) is 6.73. The Kier molecular flexibility index (Phi) is 7.87. The van der Waals surface area contributed by atoms with E-state index in [1.54, 1.807) is 0 Å². The first kappa shape index (κ1) is 24.9. The van der Waals surface area contributed by atoms with Gasteiger partial charge in [-0.3, -0.25) is 14.5 Å². The first-order valence-electron chi connectivity index (χ1n) is 8.42. The van der Waals surface area contributed by atoms with Gasteiger partial charge in [0.05, 0.1) is 6.04 Å². The molecule has 2 atom stereocenters. The number of carboxylic acids is 2. The number of rotatable bonds is 3. The Balaban J connectivity index is 0.000000516. The number of nitrogens with zero attached hydrogens (tertiary/aromatic N) is 2. The third-order valence-corrected chi connectivity index (χ3v) is 4.57. The van der Waals surface area contributed by atoms with Gasteiger partial charge in [-0.15, -0.1) is 0 Å². The first-order valence-corrected chi connectivity index (χ1v) is 8.42. The molecule has 0 aromatic heterocycles. The number of amides is 1. The number of aliphatic hydroxyl groups is 1. The van der Waals surface area contributed by atoms with E-state index in [-0.39, 0.29) is 6.54 Å². The highest BCUT2D eigenvalue weighted by Gasteiger charge is 2.58. The average molecular weight is 438 g/mol. The van der Waals surface area contributed by atoms with Crippen molar-refractivity contribution in [3.05, 3.63) is 0 Å². The molecule has 29 heavy (non-hydrogen) atoms. The molecule has 0 saturated carbocycles. The van der Waals surface area contributed by atoms with E-state index in [1.165, 1.54) is 9.80 Å². The van der Waals surface area contributed by atoms with Gasteiger partial charge in [0.1, 0.15) is 6.54 Å². The number of β-amino-alcohol motifs (C(OH)–C–C–N with tert-alkyl or cyclic N) is 1. The van der Waals surface area contributed by atoms with Gasteiger partial charge in [0.15, 0.2) is 5.60 Å². The summed E-state index contributed by atoms with van der Waals surface area (Å²) in [6, 6.07) is -0.793. The maximum Gasteiger partial charge on any atom is 0.490 e. The molecule has 0 radical (unpaired) electrons. The SMILES string of the molecule is O=C(O)C(F)(F)F.O=C(O)CN1CCCCC(N2CCC(O)(C(F)(F)F)C2)C1=O. The van der Waals surface area contributed by atoms with Crippen LogP contribution < -0.4 is 0 Å². The molecule has 14 heteroatoms. The van der Waals surface area contributed by atoms with Crippen LogP contribution in [0.1, 0.15) is 25.7 Å². The molecule has 2 rings (SSSR count). The van der Waals surface area contributed by atoms with E-state index in [1.807, 2.05) is 0 Å². The lowest BCUT2D eigenvalue weighted by molar-refractivity contribution is -0.254. The second-order valence-corrected chi connectivity index (χ2v) is 6.72. The summed E-state index contributed by atoms with van der Waals surface area (Å²) < 4.78 is 70.3. The monoisotopic (exact) mass is 438 g/mol. The molecule has 168 valence electrons. The molecular formula is C15H20F6N2O6. The number of alkyl halides is 6. The summed E-state index contributed by atoms with van der Waals surface area (Å²) >= 11 is 0. The van der Waals surface area contributed by atoms with E-state index in [2.05, 4.69) is 0 Å². The van der Waals surface area contributed by atoms with Gasteiger partial charge in [-0.05, 0) is 25.7 Å². The van der Waals surface area contributed by atoms with Crippen molar-refractivity contribution < 1.29 is 56.0 Å². The Morgan fingerprint density at radius 3 is 2.03 bits per heavy atom. The largest absolute Gasteiger partial charge is 0.490 e. The topological polar surface area (TPSA) is 118 Å². The van der Waals surface area contributed by atoms with Gasteiger partial charge in [0.2, 0.25) is 5.91 Å². The first-order chi connectivity index (χ1) is 13.1. The van der Waals surface area contributed by atoms with Crippen LogP contribution in [0.15, 0.2) is 0 Å². The van der Waals surface area contributed by atoms with Crippen molar-refractivity contribution in [1.82, 2.24) is 9.80 Å². The van der Waals surface area contributed by atoms with Crippen LogP contribution in [-0.4, -0.2) is 93.1 Å². The van der Waals surface area contributed by atoms with Crippen LogP contribution in [0.2, 0.25) is 0 Å². The number of hydrogen-bond acceptors (Lipinski definition) is 5. The van der Waals surface area contributed by atoms with Crippen molar-refractivity contribution in [2.45, 2.75) is 49.7 Å². The Hall–Kier alpha value is -2.09. The zero-order valence-electron chi connectivity index (χ0n) is 15.0. The Bertz CT molecular complexity index is 625. The number of carboxylic acid groups (broad SMARTS) is 2. The maximum absolute atomic E-state index is 12.9. The minimum Gasteiger partial charge on any atom is -0.480 e. The van der Waals surface area contributed by atoms with Gasteiger partial charge in [-0.2, -0.15) is 26.3 Å². The van der Waals surface area contributed by atoms with Crippen LogP contribution in [0.25, 0.3) is 0 Å². The number of likely N-dealkylation sites (tertiary alicyclic amines) is 2. The van der Waals surface area contributed by atoms with Gasteiger partial charge in [0.25, 0.3) is 0 Å². The molecule has 8 nitrogen and oxygen atoms in total. The Morgan fingerprint density at radius 1 is 1.07 bits per heavy atom. The predicted octanol–water partition coefficient (Wildman–Crippen LogP) is 1.08. The number of aliphatic carboxylic acids is 2. The lowest BCUT2D eigenvalue weighted by Crippen LogP contribution is -2.52. The number of hydrogen-bond donors (Lipinski definition) is 3. The highest BCUT2D eigenvalue weighted by molar-refractivity contribution is 5.85. The standard InChI is InChI=1S/C13H19F3N2O4.C2HF3O2/c14-13(15,16)12(22)4-6-18(8-12)9-3-1-2-5-17(11(9)21)7-10(19)20;3-2(4,5)1(6)7/h9,22H,1-8H2,(H,19,20);(H,6,7). The molecule has 3 N–H and O–H groups in total. The molecule has 2 heterocycles. The number of halogens is 6. The Labute approximate surface area is 160 Å². The van der Waals surface area contributed by atoms with Crippen molar-refractivity contribution in [3.8, 4) is 0 Å². The summed E-state index contributed by atoms with van der Waals surface area (Å²) in [7, 11) is 0. The van der Waals surface area contributed by atoms with E-state index in [0.29, 0.717) is 25.8 Å². The third-order valence-electron chi connectivity index (χ3n) is 4.57. The van der Waals surface area contributed by atoms with Crippen molar-refractivity contribution in [3.63, 3.8) is 0 Å². The molecule has 1 amide bonds. The van der Waals surface area contributed by atoms with Crippen LogP contribution >= 0.6 is 0 Å². The van der Waals surface area contributed by atoms with Gasteiger partial charge < -0.3 is 20.2 Å². The molecule has 0 spiro atoms. The Morgan fingerprint density at radius 2 is 1.62 bits per heavy atom. The van der Waals surface area contributed by atoms with E-state index in [9.17, 15) is 41.0 Å². The second-order valence-electron chi connectivity index (χ2n) is 6.72. The highest BCUT2D eigenvalue weighted by atomic mass is 19.4. The van der Waals surface area contributed by atoms with E-state index in [0.717, 1.165) is 0 Å². The van der Waals surface area contributed by atoms with Crippen molar-refractivity contribution in [1.29, 1.82) is 0 Å². The molecule has 2 saturated heterocycles. The van der Waals surface area contributed by atoms with Crippen LogP contribution in [0, 0.1) is 0 Å². The van der Waals surface area contributed by atoms with Crippen LogP contribution in [-0.2, 0) is 14.4 Å². The minimum atomic E-state index is -5.08. The quantitative estimate of drug-likeness (QED) is 0.565. The molecule has 0 aromatic rings. The lowest BCUT2D eigenvalue weighted by Gasteiger charge is -2.31. The smallest absolute Gasteiger partial charge is 0.480 e. The van der Waals surface area contributed by atoms with Crippen molar-refractivity contribution in [2.24, 2.45) is 0 Å². The summed E-state index contributed by atoms with van der Waals surface area (Å²) in [5.74, 6) is -4.37.